The highest BCUT2D eigenvalue weighted by atomic mass is 16.7. The molecule has 2 heterocycles. The Hall–Kier alpha value is -3.61. The zero-order valence-electron chi connectivity index (χ0n) is 14.6. The summed E-state index contributed by atoms with van der Waals surface area (Å²) in [5.41, 5.74) is 2.64. The zero-order valence-corrected chi connectivity index (χ0v) is 14.6. The van der Waals surface area contributed by atoms with Crippen LogP contribution in [0.15, 0.2) is 59.4 Å². The Morgan fingerprint density at radius 2 is 1.93 bits per heavy atom. The van der Waals surface area contributed by atoms with Gasteiger partial charge in [0.25, 0.3) is 5.56 Å². The molecular weight excluding hydrogens is 346 g/mol. The van der Waals surface area contributed by atoms with Gasteiger partial charge in [0.15, 0.2) is 11.5 Å². The van der Waals surface area contributed by atoms with Crippen molar-refractivity contribution in [2.24, 2.45) is 0 Å². The van der Waals surface area contributed by atoms with Gasteiger partial charge in [0.05, 0.1) is 5.69 Å². The van der Waals surface area contributed by atoms with Crippen LogP contribution in [0, 0.1) is 6.92 Å². The molecular formula is C20H17N3O4. The van der Waals surface area contributed by atoms with Crippen molar-refractivity contribution in [1.29, 1.82) is 0 Å². The second-order valence-corrected chi connectivity index (χ2v) is 6.15. The van der Waals surface area contributed by atoms with Crippen LogP contribution in [-0.4, -0.2) is 22.5 Å². The van der Waals surface area contributed by atoms with Gasteiger partial charge in [-0.15, -0.1) is 0 Å². The fourth-order valence-electron chi connectivity index (χ4n) is 2.81. The Morgan fingerprint density at radius 3 is 2.78 bits per heavy atom. The lowest BCUT2D eigenvalue weighted by molar-refractivity contribution is -0.117. The molecule has 27 heavy (non-hydrogen) atoms. The van der Waals surface area contributed by atoms with Crippen molar-refractivity contribution in [3.8, 4) is 22.8 Å². The number of nitrogens with one attached hydrogen (secondary N) is 1. The SMILES string of the molecule is Cc1ccccc1NC(=O)Cn1nc(-c2ccc3c(c2)OCO3)ccc1=O. The van der Waals surface area contributed by atoms with Crippen molar-refractivity contribution in [3.05, 3.63) is 70.5 Å². The van der Waals surface area contributed by atoms with Crippen LogP contribution >= 0.6 is 0 Å². The summed E-state index contributed by atoms with van der Waals surface area (Å²) in [6.45, 7) is 1.91. The molecule has 0 spiro atoms. The Morgan fingerprint density at radius 1 is 1.11 bits per heavy atom. The molecule has 1 amide bonds. The number of ether oxygens (including phenoxy) is 2. The van der Waals surface area contributed by atoms with E-state index in [1.165, 1.54) is 6.07 Å². The first-order valence-corrected chi connectivity index (χ1v) is 8.44. The van der Waals surface area contributed by atoms with Gasteiger partial charge >= 0.3 is 0 Å². The van der Waals surface area contributed by atoms with E-state index in [0.29, 0.717) is 22.9 Å². The van der Waals surface area contributed by atoms with Crippen LogP contribution in [0.5, 0.6) is 11.5 Å². The van der Waals surface area contributed by atoms with E-state index in [1.807, 2.05) is 37.3 Å². The Balaban J connectivity index is 1.57. The minimum atomic E-state index is -0.348. The van der Waals surface area contributed by atoms with Gasteiger partial charge in [-0.2, -0.15) is 5.10 Å². The summed E-state index contributed by atoms with van der Waals surface area (Å²) in [6.07, 6.45) is 0. The fraction of sp³-hybridized carbons (Fsp3) is 0.150. The molecule has 2 aromatic carbocycles. The van der Waals surface area contributed by atoms with Gasteiger partial charge in [-0.3, -0.25) is 9.59 Å². The Labute approximate surface area is 155 Å². The molecule has 0 saturated carbocycles. The lowest BCUT2D eigenvalue weighted by atomic mass is 10.1. The summed E-state index contributed by atoms with van der Waals surface area (Å²) in [6, 6.07) is 15.9. The van der Waals surface area contributed by atoms with E-state index in [9.17, 15) is 9.59 Å². The second kappa shape index (κ2) is 6.95. The lowest BCUT2D eigenvalue weighted by Gasteiger charge is -2.10. The number of nitrogens with zero attached hydrogens (tertiary/aromatic N) is 2. The maximum atomic E-state index is 12.3. The van der Waals surface area contributed by atoms with Crippen LogP contribution in [0.3, 0.4) is 0 Å². The molecule has 0 fully saturated rings. The van der Waals surface area contributed by atoms with Crippen LogP contribution in [0.2, 0.25) is 0 Å². The highest BCUT2D eigenvalue weighted by molar-refractivity contribution is 5.91. The minimum absolute atomic E-state index is 0.175. The first-order chi connectivity index (χ1) is 13.1. The maximum Gasteiger partial charge on any atom is 0.267 e. The van der Waals surface area contributed by atoms with Crippen molar-refractivity contribution >= 4 is 11.6 Å². The summed E-state index contributed by atoms with van der Waals surface area (Å²) >= 11 is 0. The van der Waals surface area contributed by atoms with Crippen LogP contribution < -0.4 is 20.3 Å². The molecule has 7 heteroatoms. The number of carbonyl (C=O) groups excluding carboxylic acids is 1. The van der Waals surface area contributed by atoms with E-state index in [1.54, 1.807) is 18.2 Å². The molecule has 7 nitrogen and oxygen atoms in total. The number of benzene rings is 2. The van der Waals surface area contributed by atoms with E-state index in [2.05, 4.69) is 10.4 Å². The summed E-state index contributed by atoms with van der Waals surface area (Å²) in [5.74, 6) is 0.982. The van der Waals surface area contributed by atoms with Gasteiger partial charge in [-0.1, -0.05) is 18.2 Å². The van der Waals surface area contributed by atoms with E-state index < -0.39 is 0 Å². The quantitative estimate of drug-likeness (QED) is 0.770. The molecule has 0 aliphatic carbocycles. The van der Waals surface area contributed by atoms with Gasteiger partial charge in [-0.25, -0.2) is 4.68 Å². The number of anilines is 1. The van der Waals surface area contributed by atoms with Gasteiger partial charge in [0.2, 0.25) is 12.7 Å². The van der Waals surface area contributed by atoms with Crippen molar-refractivity contribution in [1.82, 2.24) is 9.78 Å². The molecule has 3 aromatic rings. The fourth-order valence-corrected chi connectivity index (χ4v) is 2.81. The standard InChI is InChI=1S/C20H17N3O4/c1-13-4-2-3-5-15(13)21-19(24)11-23-20(25)9-7-16(22-23)14-6-8-17-18(10-14)27-12-26-17/h2-10H,11-12H2,1H3,(H,21,24). The number of carbonyl (C=O) groups is 1. The van der Waals surface area contributed by atoms with E-state index in [-0.39, 0.29) is 24.8 Å². The van der Waals surface area contributed by atoms with E-state index in [4.69, 9.17) is 9.47 Å². The number of para-hydroxylation sites is 1. The smallest absolute Gasteiger partial charge is 0.267 e. The van der Waals surface area contributed by atoms with Crippen molar-refractivity contribution in [2.45, 2.75) is 13.5 Å². The molecule has 136 valence electrons. The highest BCUT2D eigenvalue weighted by Gasteiger charge is 2.15. The third-order valence-electron chi connectivity index (χ3n) is 4.25. The molecule has 0 atom stereocenters. The molecule has 0 radical (unpaired) electrons. The first kappa shape index (κ1) is 16.8. The average molecular weight is 363 g/mol. The number of hydrogen-bond donors (Lipinski definition) is 1. The lowest BCUT2D eigenvalue weighted by Crippen LogP contribution is -2.29. The minimum Gasteiger partial charge on any atom is -0.454 e. The number of aromatic nitrogens is 2. The molecule has 1 aliphatic rings. The molecule has 1 aromatic heterocycles. The number of rotatable bonds is 4. The zero-order chi connectivity index (χ0) is 18.8. The van der Waals surface area contributed by atoms with Crippen LogP contribution in [0.1, 0.15) is 5.56 Å². The molecule has 1 aliphatic heterocycles. The van der Waals surface area contributed by atoms with Crippen molar-refractivity contribution in [3.63, 3.8) is 0 Å². The Bertz CT molecular complexity index is 1070. The van der Waals surface area contributed by atoms with E-state index in [0.717, 1.165) is 15.8 Å². The van der Waals surface area contributed by atoms with E-state index >= 15 is 0 Å². The monoisotopic (exact) mass is 363 g/mol. The van der Waals surface area contributed by atoms with Crippen LogP contribution in [-0.2, 0) is 11.3 Å². The Kier molecular flexibility index (Phi) is 4.33. The van der Waals surface area contributed by atoms with Crippen LogP contribution in [0.25, 0.3) is 11.3 Å². The van der Waals surface area contributed by atoms with Crippen molar-refractivity contribution in [2.75, 3.05) is 12.1 Å². The van der Waals surface area contributed by atoms with Gasteiger partial charge < -0.3 is 14.8 Å². The molecule has 0 bridgehead atoms. The molecule has 1 N–H and O–H groups in total. The number of aryl methyl sites for hydroxylation is 1. The van der Waals surface area contributed by atoms with Crippen LogP contribution in [0.4, 0.5) is 5.69 Å². The third-order valence-corrected chi connectivity index (χ3v) is 4.25. The topological polar surface area (TPSA) is 82.5 Å². The van der Waals surface area contributed by atoms with Gasteiger partial charge in [-0.05, 0) is 42.8 Å². The predicted molar refractivity (Wildman–Crippen MR) is 99.9 cm³/mol. The first-order valence-electron chi connectivity index (χ1n) is 8.44. The normalized spacial score (nSPS) is 12.0. The predicted octanol–water partition coefficient (Wildman–Crippen LogP) is 2.59. The van der Waals surface area contributed by atoms with Gasteiger partial charge in [0.1, 0.15) is 6.54 Å². The summed E-state index contributed by atoms with van der Waals surface area (Å²) in [7, 11) is 0. The number of hydrogen-bond acceptors (Lipinski definition) is 5. The third kappa shape index (κ3) is 3.52. The molecule has 0 unspecified atom stereocenters. The molecule has 0 saturated heterocycles. The molecule has 4 rings (SSSR count). The highest BCUT2D eigenvalue weighted by Crippen LogP contribution is 2.35. The van der Waals surface area contributed by atoms with Crippen molar-refractivity contribution < 1.29 is 14.3 Å². The number of fused-ring (bicyclic) bond motifs is 1. The summed E-state index contributed by atoms with van der Waals surface area (Å²) < 4.78 is 11.8. The summed E-state index contributed by atoms with van der Waals surface area (Å²) in [4.78, 5) is 24.5. The summed E-state index contributed by atoms with van der Waals surface area (Å²) in [5, 5.41) is 7.12. The van der Waals surface area contributed by atoms with Gasteiger partial charge in [0, 0.05) is 17.3 Å². The largest absolute Gasteiger partial charge is 0.454 e. The maximum absolute atomic E-state index is 12.3. The number of amides is 1. The second-order valence-electron chi connectivity index (χ2n) is 6.15. The average Bonchev–Trinajstić information content (AvgIpc) is 3.13.